The van der Waals surface area contributed by atoms with Crippen molar-refractivity contribution in [2.24, 2.45) is 0 Å². The van der Waals surface area contributed by atoms with Gasteiger partial charge in [0.25, 0.3) is 0 Å². The van der Waals surface area contributed by atoms with E-state index in [2.05, 4.69) is 20.5 Å². The summed E-state index contributed by atoms with van der Waals surface area (Å²) >= 11 is 1.27. The molecule has 7 heteroatoms. The van der Waals surface area contributed by atoms with Crippen molar-refractivity contribution in [1.29, 1.82) is 0 Å². The smallest absolute Gasteiger partial charge is 0.236 e. The number of Topliss-reactive ketones (excluding diaryl/α,β-unsaturated/α-hetero) is 1. The van der Waals surface area contributed by atoms with Gasteiger partial charge in [0.1, 0.15) is 6.33 Å². The molecule has 0 aliphatic heterocycles. The van der Waals surface area contributed by atoms with Gasteiger partial charge in [0.15, 0.2) is 5.78 Å². The molecule has 0 saturated heterocycles. The van der Waals surface area contributed by atoms with Crippen molar-refractivity contribution < 1.29 is 9.59 Å². The van der Waals surface area contributed by atoms with E-state index in [4.69, 9.17) is 0 Å². The van der Waals surface area contributed by atoms with Gasteiger partial charge in [0, 0.05) is 5.56 Å². The van der Waals surface area contributed by atoms with Crippen molar-refractivity contribution in [3.8, 4) is 0 Å². The number of ketones is 1. The Balaban J connectivity index is 1.74. The number of benzene rings is 1. The monoisotopic (exact) mass is 290 g/mol. The van der Waals surface area contributed by atoms with Crippen LogP contribution in [0.1, 0.15) is 15.9 Å². The Morgan fingerprint density at radius 3 is 2.65 bits per heavy atom. The predicted octanol–water partition coefficient (Wildman–Crippen LogP) is 1.67. The molecule has 6 nitrogen and oxygen atoms in total. The number of anilines is 1. The van der Waals surface area contributed by atoms with Crippen molar-refractivity contribution in [2.75, 3.05) is 16.8 Å². The highest BCUT2D eigenvalue weighted by atomic mass is 32.2. The average molecular weight is 290 g/mol. The van der Waals surface area contributed by atoms with Gasteiger partial charge < -0.3 is 0 Å². The molecule has 1 heterocycles. The average Bonchev–Trinajstić information content (AvgIpc) is 2.92. The van der Waals surface area contributed by atoms with E-state index < -0.39 is 0 Å². The van der Waals surface area contributed by atoms with E-state index in [1.807, 2.05) is 19.1 Å². The zero-order chi connectivity index (χ0) is 14.4. The molecule has 2 rings (SSSR count). The van der Waals surface area contributed by atoms with Gasteiger partial charge in [-0.15, -0.1) is 11.8 Å². The normalized spacial score (nSPS) is 10.2. The molecule has 0 aliphatic rings. The van der Waals surface area contributed by atoms with Crippen molar-refractivity contribution in [3.63, 3.8) is 0 Å². The minimum atomic E-state index is -0.219. The number of nitrogens with one attached hydrogen (secondary N) is 2. The summed E-state index contributed by atoms with van der Waals surface area (Å²) in [5.41, 5.74) is 1.78. The summed E-state index contributed by atoms with van der Waals surface area (Å²) in [4.78, 5) is 27.2. The van der Waals surface area contributed by atoms with Gasteiger partial charge in [-0.25, -0.2) is 5.10 Å². The number of aromatic amines is 1. The van der Waals surface area contributed by atoms with Gasteiger partial charge in [-0.3, -0.25) is 14.9 Å². The molecule has 1 amide bonds. The molecule has 2 N–H and O–H groups in total. The van der Waals surface area contributed by atoms with Gasteiger partial charge in [-0.05, 0) is 6.92 Å². The number of carbonyl (C=O) groups is 2. The van der Waals surface area contributed by atoms with Crippen molar-refractivity contribution in [1.82, 2.24) is 15.2 Å². The molecule has 104 valence electrons. The second-order valence-corrected chi connectivity index (χ2v) is 5.15. The number of aryl methyl sites for hydroxylation is 1. The molecule has 0 aliphatic carbocycles. The van der Waals surface area contributed by atoms with Crippen LogP contribution in [0.3, 0.4) is 0 Å². The molecule has 0 unspecified atom stereocenters. The van der Waals surface area contributed by atoms with Crippen LogP contribution in [0.5, 0.6) is 0 Å². The molecule has 2 aromatic rings. The number of hydrogen-bond acceptors (Lipinski definition) is 5. The quantitative estimate of drug-likeness (QED) is 0.790. The molecule has 0 bridgehead atoms. The van der Waals surface area contributed by atoms with Gasteiger partial charge in [-0.2, -0.15) is 10.1 Å². The maximum atomic E-state index is 11.9. The summed E-state index contributed by atoms with van der Waals surface area (Å²) in [6.45, 7) is 1.97. The van der Waals surface area contributed by atoms with Crippen LogP contribution in [-0.4, -0.2) is 38.4 Å². The Morgan fingerprint density at radius 1 is 1.25 bits per heavy atom. The number of hydrogen-bond donors (Lipinski definition) is 2. The molecular weight excluding hydrogens is 276 g/mol. The first-order valence-electron chi connectivity index (χ1n) is 5.98. The minimum absolute atomic E-state index is 0.0162. The Labute approximate surface area is 120 Å². The van der Waals surface area contributed by atoms with Crippen LogP contribution in [0.2, 0.25) is 0 Å². The van der Waals surface area contributed by atoms with Crippen molar-refractivity contribution in [2.45, 2.75) is 6.92 Å². The number of nitrogens with zero attached hydrogens (tertiary/aromatic N) is 2. The van der Waals surface area contributed by atoms with E-state index in [1.54, 1.807) is 12.1 Å². The number of amides is 1. The maximum Gasteiger partial charge on any atom is 0.236 e. The van der Waals surface area contributed by atoms with E-state index in [-0.39, 0.29) is 23.2 Å². The van der Waals surface area contributed by atoms with Crippen LogP contribution in [-0.2, 0) is 4.79 Å². The highest BCUT2D eigenvalue weighted by Crippen LogP contribution is 2.09. The lowest BCUT2D eigenvalue weighted by molar-refractivity contribution is -0.113. The van der Waals surface area contributed by atoms with E-state index >= 15 is 0 Å². The summed E-state index contributed by atoms with van der Waals surface area (Å²) in [6, 6.07) is 7.39. The third-order valence-corrected chi connectivity index (χ3v) is 3.45. The molecule has 1 aromatic heterocycles. The summed E-state index contributed by atoms with van der Waals surface area (Å²) in [5, 5.41) is 8.69. The number of H-pyrrole nitrogens is 1. The first-order valence-corrected chi connectivity index (χ1v) is 7.13. The molecular formula is C13H14N4O2S. The van der Waals surface area contributed by atoms with Crippen LogP contribution >= 0.6 is 11.8 Å². The molecule has 0 radical (unpaired) electrons. The maximum absolute atomic E-state index is 11.9. The molecule has 20 heavy (non-hydrogen) atoms. The summed E-state index contributed by atoms with van der Waals surface area (Å²) < 4.78 is 0. The second-order valence-electron chi connectivity index (χ2n) is 4.16. The Bertz CT molecular complexity index is 581. The SMILES string of the molecule is Cc1ccc(C(=O)CSCC(=O)Nc2ncn[nH]2)cc1. The second kappa shape index (κ2) is 6.85. The number of thioether (sulfide) groups is 1. The van der Waals surface area contributed by atoms with Crippen LogP contribution in [0.15, 0.2) is 30.6 Å². The van der Waals surface area contributed by atoms with Crippen molar-refractivity contribution in [3.05, 3.63) is 41.7 Å². The molecule has 0 saturated carbocycles. The Kier molecular flexibility index (Phi) is 4.89. The van der Waals surface area contributed by atoms with Gasteiger partial charge in [-0.1, -0.05) is 29.8 Å². The first kappa shape index (κ1) is 14.3. The first-order chi connectivity index (χ1) is 9.65. The van der Waals surface area contributed by atoms with E-state index in [0.717, 1.165) is 5.56 Å². The van der Waals surface area contributed by atoms with Gasteiger partial charge in [0.2, 0.25) is 11.9 Å². The zero-order valence-electron chi connectivity index (χ0n) is 10.9. The summed E-state index contributed by atoms with van der Waals surface area (Å²) in [6.07, 6.45) is 1.31. The fourth-order valence-corrected chi connectivity index (χ4v) is 2.20. The third-order valence-electron chi connectivity index (χ3n) is 2.51. The summed E-state index contributed by atoms with van der Waals surface area (Å²) in [7, 11) is 0. The predicted molar refractivity (Wildman–Crippen MR) is 77.8 cm³/mol. The zero-order valence-corrected chi connectivity index (χ0v) is 11.7. The standard InChI is InChI=1S/C13H14N4O2S/c1-9-2-4-10(5-3-9)11(18)6-20-7-12(19)16-13-14-8-15-17-13/h2-5,8H,6-7H2,1H3,(H2,14,15,16,17,19). The highest BCUT2D eigenvalue weighted by molar-refractivity contribution is 8.00. The highest BCUT2D eigenvalue weighted by Gasteiger charge is 2.08. The van der Waals surface area contributed by atoms with Crippen LogP contribution in [0.4, 0.5) is 5.95 Å². The van der Waals surface area contributed by atoms with E-state index in [9.17, 15) is 9.59 Å². The van der Waals surface area contributed by atoms with Crippen LogP contribution in [0.25, 0.3) is 0 Å². The van der Waals surface area contributed by atoms with E-state index in [0.29, 0.717) is 11.5 Å². The van der Waals surface area contributed by atoms with Crippen LogP contribution in [0, 0.1) is 6.92 Å². The molecule has 0 atom stereocenters. The number of carbonyl (C=O) groups excluding carboxylic acids is 2. The van der Waals surface area contributed by atoms with Crippen molar-refractivity contribution >= 4 is 29.4 Å². The fourth-order valence-electron chi connectivity index (χ4n) is 1.49. The van der Waals surface area contributed by atoms with Gasteiger partial charge in [0.05, 0.1) is 11.5 Å². The number of aromatic nitrogens is 3. The molecule has 1 aromatic carbocycles. The lowest BCUT2D eigenvalue weighted by Gasteiger charge is -2.02. The number of rotatable bonds is 6. The largest absolute Gasteiger partial charge is 0.294 e. The molecule has 0 spiro atoms. The minimum Gasteiger partial charge on any atom is -0.294 e. The summed E-state index contributed by atoms with van der Waals surface area (Å²) in [5.74, 6) is 0.567. The lowest BCUT2D eigenvalue weighted by atomic mass is 10.1. The molecule has 0 fully saturated rings. The van der Waals surface area contributed by atoms with E-state index in [1.165, 1.54) is 18.1 Å². The van der Waals surface area contributed by atoms with Gasteiger partial charge >= 0.3 is 0 Å². The third kappa shape index (κ3) is 4.20. The Hall–Kier alpha value is -2.15. The lowest BCUT2D eigenvalue weighted by Crippen LogP contribution is -2.16. The Morgan fingerprint density at radius 2 is 2.00 bits per heavy atom. The fraction of sp³-hybridized carbons (Fsp3) is 0.231. The topological polar surface area (TPSA) is 87.7 Å². The van der Waals surface area contributed by atoms with Crippen LogP contribution < -0.4 is 5.32 Å².